The molecule has 2 rings (SSSR count). The first-order chi connectivity index (χ1) is 17.6. The van der Waals surface area contributed by atoms with Crippen LogP contribution in [-0.4, -0.2) is 50.0 Å². The van der Waals surface area contributed by atoms with Gasteiger partial charge in [0.2, 0.25) is 21.8 Å². The Kier molecular flexibility index (Phi) is 10.6. The number of sulfonamides is 1. The fourth-order valence-electron chi connectivity index (χ4n) is 3.81. The van der Waals surface area contributed by atoms with Gasteiger partial charge in [-0.25, -0.2) is 8.42 Å². The number of halogens is 4. The molecule has 2 aromatic rings. The van der Waals surface area contributed by atoms with Crippen LogP contribution in [0.15, 0.2) is 42.5 Å². The lowest BCUT2D eigenvalue weighted by Gasteiger charge is -2.34. The number of hydrogen-bond acceptors (Lipinski definition) is 4. The maximum absolute atomic E-state index is 13.7. The van der Waals surface area contributed by atoms with Crippen LogP contribution in [0.25, 0.3) is 0 Å². The van der Waals surface area contributed by atoms with E-state index < -0.39 is 51.9 Å². The third kappa shape index (κ3) is 8.10. The minimum absolute atomic E-state index is 0.00807. The number of aryl methyl sites for hydroxylation is 1. The highest BCUT2D eigenvalue weighted by atomic mass is 35.5. The molecule has 0 saturated heterocycles. The molecular formula is C26H33ClF3N3O4S. The molecule has 0 aliphatic carbocycles. The second kappa shape index (κ2) is 12.8. The van der Waals surface area contributed by atoms with E-state index in [1.165, 1.54) is 4.90 Å². The number of nitrogens with one attached hydrogen (secondary N) is 1. The Balaban J connectivity index is 2.56. The molecule has 0 spiro atoms. The van der Waals surface area contributed by atoms with Crippen molar-refractivity contribution in [2.24, 2.45) is 0 Å². The van der Waals surface area contributed by atoms with E-state index in [-0.39, 0.29) is 24.0 Å². The maximum Gasteiger partial charge on any atom is 0.416 e. The van der Waals surface area contributed by atoms with Crippen molar-refractivity contribution in [3.8, 4) is 0 Å². The summed E-state index contributed by atoms with van der Waals surface area (Å²) in [6.07, 6.45) is -3.10. The minimum atomic E-state index is -4.76. The first kappa shape index (κ1) is 31.4. The molecule has 2 amide bonds. The van der Waals surface area contributed by atoms with Crippen LogP contribution in [0.5, 0.6) is 0 Å². The molecule has 210 valence electrons. The number of carbonyl (C=O) groups is 2. The predicted octanol–water partition coefficient (Wildman–Crippen LogP) is 5.16. The molecule has 0 unspecified atom stereocenters. The quantitative estimate of drug-likeness (QED) is 0.401. The fourth-order valence-corrected chi connectivity index (χ4v) is 4.93. The molecule has 12 heteroatoms. The van der Waals surface area contributed by atoms with Gasteiger partial charge in [0.25, 0.3) is 0 Å². The van der Waals surface area contributed by atoms with Gasteiger partial charge in [0, 0.05) is 12.6 Å². The summed E-state index contributed by atoms with van der Waals surface area (Å²) in [6, 6.07) is 8.35. The summed E-state index contributed by atoms with van der Waals surface area (Å²) in [7, 11) is -4.25. The van der Waals surface area contributed by atoms with E-state index in [0.717, 1.165) is 29.5 Å². The van der Waals surface area contributed by atoms with Gasteiger partial charge < -0.3 is 10.2 Å². The molecule has 7 nitrogen and oxygen atoms in total. The Morgan fingerprint density at radius 3 is 2.24 bits per heavy atom. The van der Waals surface area contributed by atoms with Crippen LogP contribution < -0.4 is 9.62 Å². The highest BCUT2D eigenvalue weighted by Crippen LogP contribution is 2.36. The molecule has 0 bridgehead atoms. The lowest BCUT2D eigenvalue weighted by molar-refractivity contribution is -0.140. The van der Waals surface area contributed by atoms with Crippen molar-refractivity contribution in [1.82, 2.24) is 10.2 Å². The normalized spacial score (nSPS) is 13.5. The van der Waals surface area contributed by atoms with E-state index in [9.17, 15) is 31.2 Å². The zero-order chi connectivity index (χ0) is 28.8. The first-order valence-corrected chi connectivity index (χ1v) is 14.3. The molecular weight excluding hydrogens is 543 g/mol. The van der Waals surface area contributed by atoms with Gasteiger partial charge in [0.05, 0.1) is 22.5 Å². The second-order valence-corrected chi connectivity index (χ2v) is 11.4. The van der Waals surface area contributed by atoms with Crippen molar-refractivity contribution >= 4 is 39.1 Å². The Morgan fingerprint density at radius 2 is 1.71 bits per heavy atom. The van der Waals surface area contributed by atoms with E-state index in [1.807, 2.05) is 32.9 Å². The average molecular weight is 576 g/mol. The molecule has 0 aliphatic rings. The van der Waals surface area contributed by atoms with Crippen LogP contribution in [0.1, 0.15) is 50.3 Å². The first-order valence-electron chi connectivity index (χ1n) is 12.1. The van der Waals surface area contributed by atoms with Crippen LogP contribution in [-0.2, 0) is 32.3 Å². The molecule has 2 atom stereocenters. The maximum atomic E-state index is 13.7. The van der Waals surface area contributed by atoms with E-state index in [1.54, 1.807) is 19.1 Å². The summed E-state index contributed by atoms with van der Waals surface area (Å²) in [5.74, 6) is -1.18. The molecule has 0 fully saturated rings. The largest absolute Gasteiger partial charge is 0.416 e. The van der Waals surface area contributed by atoms with Gasteiger partial charge in [0.1, 0.15) is 12.6 Å². The summed E-state index contributed by atoms with van der Waals surface area (Å²) < 4.78 is 66.1. The van der Waals surface area contributed by atoms with Gasteiger partial charge in [0.15, 0.2) is 0 Å². The fraction of sp³-hybridized carbons (Fsp3) is 0.462. The molecule has 1 N–H and O–H groups in total. The van der Waals surface area contributed by atoms with E-state index in [0.29, 0.717) is 16.8 Å². The number of rotatable bonds is 11. The summed E-state index contributed by atoms with van der Waals surface area (Å²) in [5.41, 5.74) is -0.0126. The van der Waals surface area contributed by atoms with Gasteiger partial charge in [-0.2, -0.15) is 13.2 Å². The third-order valence-corrected chi connectivity index (χ3v) is 7.66. The van der Waals surface area contributed by atoms with Gasteiger partial charge >= 0.3 is 6.18 Å². The standard InChI is InChI=1S/C26H33ClF3N3O4S/c1-6-18(4)31-25(35)22(7-2)32(15-19-11-9-8-10-17(19)3)24(34)16-33(38(5,36)37)23-14-20(26(28,29)30)12-13-21(23)27/h8-14,18,22H,6-7,15-16H2,1-5H3,(H,31,35)/t18-,22-/m1/s1. The van der Waals surface area contributed by atoms with Crippen LogP contribution >= 0.6 is 11.6 Å². The van der Waals surface area contributed by atoms with Crippen molar-refractivity contribution in [1.29, 1.82) is 0 Å². The van der Waals surface area contributed by atoms with E-state index >= 15 is 0 Å². The minimum Gasteiger partial charge on any atom is -0.352 e. The molecule has 0 saturated carbocycles. The number of hydrogen-bond donors (Lipinski definition) is 1. The number of carbonyl (C=O) groups excluding carboxylic acids is 2. The Morgan fingerprint density at radius 1 is 1.08 bits per heavy atom. The van der Waals surface area contributed by atoms with Gasteiger partial charge in [-0.05, 0) is 56.0 Å². The summed E-state index contributed by atoms with van der Waals surface area (Å²) in [4.78, 5) is 28.1. The molecule has 0 aliphatic heterocycles. The number of amides is 2. The van der Waals surface area contributed by atoms with E-state index in [2.05, 4.69) is 5.32 Å². The smallest absolute Gasteiger partial charge is 0.352 e. The van der Waals surface area contributed by atoms with Crippen molar-refractivity contribution < 1.29 is 31.2 Å². The van der Waals surface area contributed by atoms with Crippen molar-refractivity contribution in [3.05, 3.63) is 64.2 Å². The van der Waals surface area contributed by atoms with Crippen molar-refractivity contribution in [2.75, 3.05) is 17.1 Å². The van der Waals surface area contributed by atoms with E-state index in [4.69, 9.17) is 11.6 Å². The second-order valence-electron chi connectivity index (χ2n) is 9.12. The van der Waals surface area contributed by atoms with Gasteiger partial charge in [-0.15, -0.1) is 0 Å². The average Bonchev–Trinajstić information content (AvgIpc) is 2.82. The number of alkyl halides is 3. The van der Waals surface area contributed by atoms with Crippen LogP contribution in [0.3, 0.4) is 0 Å². The Labute approximate surface area is 227 Å². The monoisotopic (exact) mass is 575 g/mol. The van der Waals surface area contributed by atoms with Crippen molar-refractivity contribution in [2.45, 2.75) is 65.3 Å². The SMILES string of the molecule is CC[C@@H](C)NC(=O)[C@@H](CC)N(Cc1ccccc1C)C(=O)CN(c1cc(C(F)(F)F)ccc1Cl)S(C)(=O)=O. The van der Waals surface area contributed by atoms with Crippen LogP contribution in [0.4, 0.5) is 18.9 Å². The predicted molar refractivity (Wildman–Crippen MR) is 142 cm³/mol. The zero-order valence-corrected chi connectivity index (χ0v) is 23.5. The van der Waals surface area contributed by atoms with Gasteiger partial charge in [-0.3, -0.25) is 13.9 Å². The van der Waals surface area contributed by atoms with Gasteiger partial charge in [-0.1, -0.05) is 49.7 Å². The molecule has 2 aromatic carbocycles. The van der Waals surface area contributed by atoms with Crippen LogP contribution in [0, 0.1) is 6.92 Å². The number of benzene rings is 2. The topological polar surface area (TPSA) is 86.8 Å². The van der Waals surface area contributed by atoms with Crippen LogP contribution in [0.2, 0.25) is 5.02 Å². The summed E-state index contributed by atoms with van der Waals surface area (Å²) in [6.45, 7) is 6.41. The molecule has 0 heterocycles. The Hall–Kier alpha value is -2.79. The number of nitrogens with zero attached hydrogens (tertiary/aromatic N) is 2. The summed E-state index contributed by atoms with van der Waals surface area (Å²) in [5, 5.41) is 2.58. The number of anilines is 1. The molecule has 0 radical (unpaired) electrons. The highest BCUT2D eigenvalue weighted by molar-refractivity contribution is 7.92. The molecule has 38 heavy (non-hydrogen) atoms. The van der Waals surface area contributed by atoms with Crippen molar-refractivity contribution in [3.63, 3.8) is 0 Å². The molecule has 0 aromatic heterocycles. The Bertz CT molecular complexity index is 1250. The lowest BCUT2D eigenvalue weighted by Crippen LogP contribution is -2.53. The lowest BCUT2D eigenvalue weighted by atomic mass is 10.1. The summed E-state index contributed by atoms with van der Waals surface area (Å²) >= 11 is 6.11. The highest BCUT2D eigenvalue weighted by Gasteiger charge is 2.35. The third-order valence-electron chi connectivity index (χ3n) is 6.21. The zero-order valence-electron chi connectivity index (χ0n) is 22.0.